The molecule has 31 heavy (non-hydrogen) atoms. The van der Waals surface area contributed by atoms with E-state index in [0.29, 0.717) is 12.0 Å². The first kappa shape index (κ1) is 24.0. The summed E-state index contributed by atoms with van der Waals surface area (Å²) in [4.78, 5) is 12.6. The SMILES string of the molecule is COC(C=C(C)C)CC(C)=CCc1c(O)ccc(C(=O)C=Cc2ccc(O)cc2)c1O. The quantitative estimate of drug-likeness (QED) is 0.280. The molecule has 0 amide bonds. The Morgan fingerprint density at radius 3 is 2.32 bits per heavy atom. The predicted molar refractivity (Wildman–Crippen MR) is 124 cm³/mol. The first-order chi connectivity index (χ1) is 14.7. The summed E-state index contributed by atoms with van der Waals surface area (Å²) in [5.74, 6) is -0.522. The molecule has 0 bridgehead atoms. The molecule has 0 radical (unpaired) electrons. The molecular weight excluding hydrogens is 392 g/mol. The molecule has 0 aromatic heterocycles. The van der Waals surface area contributed by atoms with E-state index in [1.807, 2.05) is 32.9 Å². The van der Waals surface area contributed by atoms with Crippen molar-refractivity contribution in [2.24, 2.45) is 0 Å². The zero-order valence-corrected chi connectivity index (χ0v) is 18.4. The van der Waals surface area contributed by atoms with Crippen LogP contribution in [0.3, 0.4) is 0 Å². The van der Waals surface area contributed by atoms with Crippen LogP contribution in [0.1, 0.15) is 48.7 Å². The number of ketones is 1. The van der Waals surface area contributed by atoms with Crippen molar-refractivity contribution in [2.45, 2.75) is 39.7 Å². The van der Waals surface area contributed by atoms with Gasteiger partial charge in [0, 0.05) is 12.7 Å². The third kappa shape index (κ3) is 7.15. The van der Waals surface area contributed by atoms with E-state index in [9.17, 15) is 20.1 Å². The van der Waals surface area contributed by atoms with Crippen LogP contribution in [0.2, 0.25) is 0 Å². The van der Waals surface area contributed by atoms with Gasteiger partial charge in [0.05, 0.1) is 11.7 Å². The van der Waals surface area contributed by atoms with Gasteiger partial charge < -0.3 is 20.1 Å². The minimum Gasteiger partial charge on any atom is -0.508 e. The highest BCUT2D eigenvalue weighted by atomic mass is 16.5. The Hall–Kier alpha value is -3.31. The van der Waals surface area contributed by atoms with Crippen LogP contribution in [-0.4, -0.2) is 34.3 Å². The molecule has 1 atom stereocenters. The molecule has 0 aliphatic carbocycles. The zero-order valence-electron chi connectivity index (χ0n) is 18.4. The highest BCUT2D eigenvalue weighted by Gasteiger charge is 2.16. The van der Waals surface area contributed by atoms with Gasteiger partial charge in [0.25, 0.3) is 0 Å². The van der Waals surface area contributed by atoms with Crippen LogP contribution in [0.5, 0.6) is 17.2 Å². The largest absolute Gasteiger partial charge is 0.508 e. The first-order valence-corrected chi connectivity index (χ1v) is 10.1. The van der Waals surface area contributed by atoms with E-state index in [0.717, 1.165) is 11.1 Å². The van der Waals surface area contributed by atoms with Gasteiger partial charge in [-0.05, 0) is 69.5 Å². The fraction of sp³-hybridized carbons (Fsp3) is 0.269. The molecule has 0 spiro atoms. The Balaban J connectivity index is 2.18. The van der Waals surface area contributed by atoms with E-state index in [4.69, 9.17) is 4.74 Å². The molecule has 3 N–H and O–H groups in total. The Morgan fingerprint density at radius 2 is 1.71 bits per heavy atom. The molecule has 0 aliphatic rings. The van der Waals surface area contributed by atoms with Gasteiger partial charge >= 0.3 is 0 Å². The number of hydrogen-bond acceptors (Lipinski definition) is 5. The van der Waals surface area contributed by atoms with E-state index in [1.54, 1.807) is 25.3 Å². The monoisotopic (exact) mass is 422 g/mol. The standard InChI is InChI=1S/C26H30O5/c1-17(2)15-21(31-4)16-18(3)5-11-22-25(29)14-12-23(26(22)30)24(28)13-8-19-6-9-20(27)10-7-19/h5-10,12-15,21,27,29-30H,11,16H2,1-4H3. The number of rotatable bonds is 9. The van der Waals surface area contributed by atoms with Crippen LogP contribution >= 0.6 is 0 Å². The number of hydrogen-bond donors (Lipinski definition) is 3. The number of phenols is 3. The Bertz CT molecular complexity index is 993. The summed E-state index contributed by atoms with van der Waals surface area (Å²) in [5.41, 5.74) is 3.38. The van der Waals surface area contributed by atoms with Crippen molar-refractivity contribution in [3.63, 3.8) is 0 Å². The van der Waals surface area contributed by atoms with Crippen LogP contribution in [0.4, 0.5) is 0 Å². The average molecular weight is 423 g/mol. The minimum absolute atomic E-state index is 0.0404. The van der Waals surface area contributed by atoms with Crippen molar-refractivity contribution in [3.8, 4) is 17.2 Å². The topological polar surface area (TPSA) is 87.0 Å². The lowest BCUT2D eigenvalue weighted by atomic mass is 9.99. The number of carbonyl (C=O) groups excluding carboxylic acids is 1. The lowest BCUT2D eigenvalue weighted by Gasteiger charge is -2.13. The van der Waals surface area contributed by atoms with E-state index in [-0.39, 0.29) is 41.1 Å². The number of phenolic OH excluding ortho intramolecular Hbond substituents is 3. The van der Waals surface area contributed by atoms with Crippen molar-refractivity contribution in [1.29, 1.82) is 0 Å². The fourth-order valence-electron chi connectivity index (χ4n) is 3.13. The molecular formula is C26H30O5. The summed E-state index contributed by atoms with van der Waals surface area (Å²) in [6.07, 6.45) is 7.86. The molecule has 1 unspecified atom stereocenters. The van der Waals surface area contributed by atoms with Crippen molar-refractivity contribution in [1.82, 2.24) is 0 Å². The van der Waals surface area contributed by atoms with Gasteiger partial charge in [-0.15, -0.1) is 0 Å². The molecule has 0 aliphatic heterocycles. The van der Waals surface area contributed by atoms with Crippen molar-refractivity contribution in [2.75, 3.05) is 7.11 Å². The van der Waals surface area contributed by atoms with Gasteiger partial charge in [-0.3, -0.25) is 4.79 Å². The van der Waals surface area contributed by atoms with Crippen molar-refractivity contribution in [3.05, 3.63) is 82.5 Å². The Kier molecular flexibility index (Phi) is 8.64. The van der Waals surface area contributed by atoms with Crippen molar-refractivity contribution >= 4 is 11.9 Å². The summed E-state index contributed by atoms with van der Waals surface area (Å²) in [6.45, 7) is 5.99. The average Bonchev–Trinajstić information content (AvgIpc) is 2.72. The molecule has 164 valence electrons. The number of aromatic hydroxyl groups is 3. The van der Waals surface area contributed by atoms with Crippen LogP contribution in [0.15, 0.2) is 65.8 Å². The summed E-state index contributed by atoms with van der Waals surface area (Å²) >= 11 is 0. The molecule has 0 heterocycles. The maximum absolute atomic E-state index is 12.6. The van der Waals surface area contributed by atoms with Gasteiger partial charge in [-0.2, -0.15) is 0 Å². The Labute approximate surface area is 183 Å². The third-order valence-corrected chi connectivity index (χ3v) is 4.84. The van der Waals surface area contributed by atoms with Gasteiger partial charge in [0.15, 0.2) is 5.78 Å². The Morgan fingerprint density at radius 1 is 1.03 bits per heavy atom. The maximum atomic E-state index is 12.6. The van der Waals surface area contributed by atoms with E-state index >= 15 is 0 Å². The molecule has 2 aromatic rings. The second-order valence-electron chi connectivity index (χ2n) is 7.73. The molecule has 2 rings (SSSR count). The number of benzene rings is 2. The number of methoxy groups -OCH3 is 1. The van der Waals surface area contributed by atoms with E-state index in [2.05, 4.69) is 0 Å². The van der Waals surface area contributed by atoms with E-state index in [1.165, 1.54) is 35.9 Å². The highest BCUT2D eigenvalue weighted by molar-refractivity contribution is 6.09. The number of carbonyl (C=O) groups is 1. The molecule has 5 nitrogen and oxygen atoms in total. The molecule has 0 saturated heterocycles. The zero-order chi connectivity index (χ0) is 23.0. The van der Waals surface area contributed by atoms with Gasteiger partial charge in [0.1, 0.15) is 17.2 Å². The summed E-state index contributed by atoms with van der Waals surface area (Å²) < 4.78 is 5.47. The third-order valence-electron chi connectivity index (χ3n) is 4.84. The molecule has 2 aromatic carbocycles. The summed E-state index contributed by atoms with van der Waals surface area (Å²) in [6, 6.07) is 9.24. The van der Waals surface area contributed by atoms with E-state index < -0.39 is 0 Å². The van der Waals surface area contributed by atoms with Crippen LogP contribution in [-0.2, 0) is 11.2 Å². The minimum atomic E-state index is -0.379. The number of allylic oxidation sites excluding steroid dienone is 3. The van der Waals surface area contributed by atoms with Gasteiger partial charge in [0.2, 0.25) is 0 Å². The predicted octanol–water partition coefficient (Wildman–Crippen LogP) is 5.56. The molecule has 0 saturated carbocycles. The summed E-state index contributed by atoms with van der Waals surface area (Å²) in [7, 11) is 1.66. The summed E-state index contributed by atoms with van der Waals surface area (Å²) in [5, 5.41) is 30.2. The lowest BCUT2D eigenvalue weighted by Crippen LogP contribution is -2.08. The molecule has 5 heteroatoms. The fourth-order valence-corrected chi connectivity index (χ4v) is 3.13. The van der Waals surface area contributed by atoms with Crippen molar-refractivity contribution < 1.29 is 24.9 Å². The van der Waals surface area contributed by atoms with Crippen LogP contribution in [0.25, 0.3) is 6.08 Å². The normalized spacial score (nSPS) is 12.7. The number of ether oxygens (including phenoxy) is 1. The van der Waals surface area contributed by atoms with Gasteiger partial charge in [-0.1, -0.05) is 41.5 Å². The van der Waals surface area contributed by atoms with Crippen LogP contribution < -0.4 is 0 Å². The second kappa shape index (κ2) is 11.2. The lowest BCUT2D eigenvalue weighted by molar-refractivity contribution is 0.104. The molecule has 0 fully saturated rings. The maximum Gasteiger partial charge on any atom is 0.189 e. The smallest absolute Gasteiger partial charge is 0.189 e. The highest BCUT2D eigenvalue weighted by Crippen LogP contribution is 2.32. The van der Waals surface area contributed by atoms with Gasteiger partial charge in [-0.25, -0.2) is 0 Å². The second-order valence-corrected chi connectivity index (χ2v) is 7.73. The van der Waals surface area contributed by atoms with Crippen LogP contribution in [0, 0.1) is 0 Å². The first-order valence-electron chi connectivity index (χ1n) is 10.1.